The third-order valence-corrected chi connectivity index (χ3v) is 1.98. The third-order valence-electron chi connectivity index (χ3n) is 1.98. The summed E-state index contributed by atoms with van der Waals surface area (Å²) in [6.45, 7) is 6.56. The minimum Gasteiger partial charge on any atom is -0.481 e. The molecule has 0 spiro atoms. The summed E-state index contributed by atoms with van der Waals surface area (Å²) in [5.74, 6) is -2.30. The predicted octanol–water partition coefficient (Wildman–Crippen LogP) is 1.79. The van der Waals surface area contributed by atoms with Gasteiger partial charge in [0.05, 0.1) is 5.92 Å². The summed E-state index contributed by atoms with van der Waals surface area (Å²) in [5, 5.41) is 8.57. The average molecular weight is 244 g/mol. The summed E-state index contributed by atoms with van der Waals surface area (Å²) in [7, 11) is 0. The van der Waals surface area contributed by atoms with Crippen molar-refractivity contribution in [2.45, 2.75) is 52.6 Å². The van der Waals surface area contributed by atoms with E-state index in [4.69, 9.17) is 9.84 Å². The summed E-state index contributed by atoms with van der Waals surface area (Å²) >= 11 is 0. The summed E-state index contributed by atoms with van der Waals surface area (Å²) in [6, 6.07) is 0. The highest BCUT2D eigenvalue weighted by atomic mass is 16.6. The zero-order valence-corrected chi connectivity index (χ0v) is 10.8. The Morgan fingerprint density at radius 3 is 2.12 bits per heavy atom. The quantitative estimate of drug-likeness (QED) is 0.720. The number of carbonyl (C=O) groups excluding carboxylic acids is 2. The van der Waals surface area contributed by atoms with Crippen molar-refractivity contribution in [2.24, 2.45) is 5.92 Å². The van der Waals surface area contributed by atoms with Crippen LogP contribution in [0.5, 0.6) is 0 Å². The molecule has 0 aliphatic carbocycles. The van der Waals surface area contributed by atoms with Crippen LogP contribution in [0.2, 0.25) is 0 Å². The first-order valence-corrected chi connectivity index (χ1v) is 5.56. The summed E-state index contributed by atoms with van der Waals surface area (Å²) in [4.78, 5) is 33.2. The van der Waals surface area contributed by atoms with Crippen LogP contribution in [0.4, 0.5) is 0 Å². The van der Waals surface area contributed by atoms with Gasteiger partial charge in [-0.3, -0.25) is 9.59 Å². The number of ketones is 1. The van der Waals surface area contributed by atoms with Gasteiger partial charge in [-0.05, 0) is 34.1 Å². The van der Waals surface area contributed by atoms with Gasteiger partial charge in [-0.25, -0.2) is 0 Å². The molecule has 17 heavy (non-hydrogen) atoms. The van der Waals surface area contributed by atoms with Crippen LogP contribution in [0.3, 0.4) is 0 Å². The molecule has 0 amide bonds. The van der Waals surface area contributed by atoms with Crippen molar-refractivity contribution in [3.8, 4) is 0 Å². The van der Waals surface area contributed by atoms with Crippen molar-refractivity contribution in [1.82, 2.24) is 0 Å². The summed E-state index contributed by atoms with van der Waals surface area (Å²) in [5.41, 5.74) is -0.630. The van der Waals surface area contributed by atoms with Gasteiger partial charge in [-0.2, -0.15) is 0 Å². The van der Waals surface area contributed by atoms with E-state index in [0.717, 1.165) is 0 Å². The van der Waals surface area contributed by atoms with Crippen LogP contribution in [0.1, 0.15) is 47.0 Å². The van der Waals surface area contributed by atoms with Crippen LogP contribution in [-0.2, 0) is 19.1 Å². The number of carboxylic acid groups (broad SMARTS) is 1. The fourth-order valence-electron chi connectivity index (χ4n) is 1.33. The van der Waals surface area contributed by atoms with Crippen LogP contribution >= 0.6 is 0 Å². The first kappa shape index (κ1) is 15.6. The number of aliphatic carboxylic acids is 1. The van der Waals surface area contributed by atoms with Gasteiger partial charge >= 0.3 is 11.9 Å². The smallest absolute Gasteiger partial charge is 0.309 e. The molecule has 1 N–H and O–H groups in total. The van der Waals surface area contributed by atoms with Gasteiger partial charge in [0.2, 0.25) is 0 Å². The van der Waals surface area contributed by atoms with E-state index < -0.39 is 23.5 Å². The zero-order valence-electron chi connectivity index (χ0n) is 10.8. The van der Waals surface area contributed by atoms with E-state index in [0.29, 0.717) is 0 Å². The average Bonchev–Trinajstić information content (AvgIpc) is 2.08. The molecule has 0 bridgehead atoms. The van der Waals surface area contributed by atoms with Crippen molar-refractivity contribution >= 4 is 17.7 Å². The molecule has 0 aliphatic rings. The topological polar surface area (TPSA) is 80.7 Å². The number of hydrogen-bond acceptors (Lipinski definition) is 4. The highest BCUT2D eigenvalue weighted by molar-refractivity contribution is 5.83. The number of hydrogen-bond donors (Lipinski definition) is 1. The lowest BCUT2D eigenvalue weighted by atomic mass is 9.97. The summed E-state index contributed by atoms with van der Waals surface area (Å²) in [6.07, 6.45) is 0.0171. The second kappa shape index (κ2) is 6.37. The third kappa shape index (κ3) is 8.42. The predicted molar refractivity (Wildman–Crippen MR) is 61.5 cm³/mol. The number of ether oxygens (including phenoxy) is 1. The minimum atomic E-state index is -0.984. The van der Waals surface area contributed by atoms with Gasteiger partial charge < -0.3 is 14.6 Å². The molecule has 0 aliphatic heterocycles. The zero-order chi connectivity index (χ0) is 13.6. The Morgan fingerprint density at radius 2 is 1.76 bits per heavy atom. The van der Waals surface area contributed by atoms with Crippen LogP contribution < -0.4 is 0 Å². The molecule has 0 fully saturated rings. The monoisotopic (exact) mass is 244 g/mol. The maximum atomic E-state index is 11.7. The van der Waals surface area contributed by atoms with Crippen LogP contribution in [0.25, 0.3) is 0 Å². The Labute approximate surface area is 101 Å². The summed E-state index contributed by atoms with van der Waals surface area (Å²) < 4.78 is 5.15. The lowest BCUT2D eigenvalue weighted by Crippen LogP contribution is -2.30. The van der Waals surface area contributed by atoms with Crippen LogP contribution in [-0.4, -0.2) is 28.4 Å². The maximum Gasteiger partial charge on any atom is 0.309 e. The highest BCUT2D eigenvalue weighted by Gasteiger charge is 2.26. The standard InChI is InChI=1S/C12H20O5/c1-8(13)7-9(5-6-10(14)15)11(16)17-12(2,3)4/h9H,5-7H2,1-4H3,(H,14,15). The molecule has 1 atom stereocenters. The van der Waals surface area contributed by atoms with Gasteiger partial charge in [-0.15, -0.1) is 0 Å². The lowest BCUT2D eigenvalue weighted by Gasteiger charge is -2.23. The molecule has 0 saturated carbocycles. The Bertz CT molecular complexity index is 301. The molecule has 5 heteroatoms. The molecule has 0 rings (SSSR count). The van der Waals surface area contributed by atoms with Gasteiger partial charge in [-0.1, -0.05) is 0 Å². The second-order valence-corrected chi connectivity index (χ2v) is 5.07. The fourth-order valence-corrected chi connectivity index (χ4v) is 1.33. The molecule has 0 radical (unpaired) electrons. The van der Waals surface area contributed by atoms with Crippen LogP contribution in [0, 0.1) is 5.92 Å². The molecule has 0 aromatic carbocycles. The maximum absolute atomic E-state index is 11.7. The number of Topliss-reactive ketones (excluding diaryl/α,β-unsaturated/α-hetero) is 1. The molecule has 0 aromatic heterocycles. The van der Waals surface area contributed by atoms with Crippen molar-refractivity contribution < 1.29 is 24.2 Å². The van der Waals surface area contributed by atoms with E-state index in [1.807, 2.05) is 0 Å². The molecular formula is C12H20O5. The number of carboxylic acids is 1. The molecular weight excluding hydrogens is 224 g/mol. The Hall–Kier alpha value is -1.39. The van der Waals surface area contributed by atoms with Crippen molar-refractivity contribution in [1.29, 1.82) is 0 Å². The van der Waals surface area contributed by atoms with Gasteiger partial charge in [0.1, 0.15) is 11.4 Å². The second-order valence-electron chi connectivity index (χ2n) is 5.07. The number of rotatable bonds is 6. The van der Waals surface area contributed by atoms with Crippen molar-refractivity contribution in [2.75, 3.05) is 0 Å². The van der Waals surface area contributed by atoms with E-state index in [1.165, 1.54) is 6.92 Å². The SMILES string of the molecule is CC(=O)CC(CCC(=O)O)C(=O)OC(C)(C)C. The van der Waals surface area contributed by atoms with Gasteiger partial charge in [0.25, 0.3) is 0 Å². The van der Waals surface area contributed by atoms with E-state index in [1.54, 1.807) is 20.8 Å². The minimum absolute atomic E-state index is 0.0300. The van der Waals surface area contributed by atoms with Crippen LogP contribution in [0.15, 0.2) is 0 Å². The first-order valence-electron chi connectivity index (χ1n) is 5.56. The fraction of sp³-hybridized carbons (Fsp3) is 0.750. The van der Waals surface area contributed by atoms with E-state index >= 15 is 0 Å². The molecule has 0 heterocycles. The van der Waals surface area contributed by atoms with E-state index in [2.05, 4.69) is 0 Å². The van der Waals surface area contributed by atoms with Gasteiger partial charge in [0.15, 0.2) is 0 Å². The molecule has 5 nitrogen and oxygen atoms in total. The highest BCUT2D eigenvalue weighted by Crippen LogP contribution is 2.18. The lowest BCUT2D eigenvalue weighted by molar-refractivity contribution is -0.161. The first-order chi connectivity index (χ1) is 7.61. The van der Waals surface area contributed by atoms with Crippen molar-refractivity contribution in [3.05, 3.63) is 0 Å². The molecule has 0 aromatic rings. The van der Waals surface area contributed by atoms with E-state index in [-0.39, 0.29) is 25.0 Å². The number of esters is 1. The molecule has 98 valence electrons. The normalized spacial score (nSPS) is 12.9. The van der Waals surface area contributed by atoms with Gasteiger partial charge in [0, 0.05) is 12.8 Å². The Balaban J connectivity index is 4.50. The largest absolute Gasteiger partial charge is 0.481 e. The molecule has 1 unspecified atom stereocenters. The number of carbonyl (C=O) groups is 3. The van der Waals surface area contributed by atoms with E-state index in [9.17, 15) is 14.4 Å². The van der Waals surface area contributed by atoms with Crippen molar-refractivity contribution in [3.63, 3.8) is 0 Å². The molecule has 0 saturated heterocycles. The Kier molecular flexibility index (Phi) is 5.85. The Morgan fingerprint density at radius 1 is 1.24 bits per heavy atom.